The van der Waals surface area contributed by atoms with Crippen molar-refractivity contribution in [2.75, 3.05) is 98.7 Å². The van der Waals surface area contributed by atoms with Gasteiger partial charge in [-0.05, 0) is 130 Å². The van der Waals surface area contributed by atoms with E-state index in [1.54, 1.807) is 0 Å². The fraction of sp³-hybridized carbons (Fsp3) is 1.00. The van der Waals surface area contributed by atoms with Gasteiger partial charge in [-0.2, -0.15) is 0 Å². The number of nitrogens with one attached hydrogen (secondary N) is 2. The summed E-state index contributed by atoms with van der Waals surface area (Å²) >= 11 is 0. The molecule has 0 spiro atoms. The molecule has 0 bridgehead atoms. The van der Waals surface area contributed by atoms with Crippen molar-refractivity contribution in [3.8, 4) is 0 Å². The third kappa shape index (κ3) is 65.9. The van der Waals surface area contributed by atoms with E-state index in [9.17, 15) is 0 Å². The Labute approximate surface area is 318 Å². The van der Waals surface area contributed by atoms with Crippen LogP contribution in [0.15, 0.2) is 0 Å². The summed E-state index contributed by atoms with van der Waals surface area (Å²) in [6, 6.07) is 0.562. The molecule has 1 saturated heterocycles. The third-order valence-corrected chi connectivity index (χ3v) is 7.85. The highest BCUT2D eigenvalue weighted by atomic mass is 15.1. The highest BCUT2D eigenvalue weighted by molar-refractivity contribution is 4.79. The summed E-state index contributed by atoms with van der Waals surface area (Å²) in [5.74, 6) is 0. The first-order chi connectivity index (χ1) is 22.3. The molecule has 0 radical (unpaired) electrons. The number of likely N-dealkylation sites (N-methyl/N-ethyl adjacent to an activating group) is 1. The second-order valence-electron chi connectivity index (χ2n) is 12.2. The van der Waals surface area contributed by atoms with E-state index in [1.165, 1.54) is 84.1 Å². The highest BCUT2D eigenvalue weighted by Gasteiger charge is 2.16. The third-order valence-electron chi connectivity index (χ3n) is 7.85. The minimum Gasteiger partial charge on any atom is -0.330 e. The lowest BCUT2D eigenvalue weighted by molar-refractivity contribution is 0.321. The Hall–Kier alpha value is -0.440. The largest absolute Gasteiger partial charge is 0.330 e. The lowest BCUT2D eigenvalue weighted by Crippen LogP contribution is -2.43. The van der Waals surface area contributed by atoms with Crippen LogP contribution in [0, 0.1) is 0 Å². The molecule has 2 unspecified atom stereocenters. The molecule has 316 valence electrons. The van der Waals surface area contributed by atoms with Crippen LogP contribution in [-0.4, -0.2) is 121 Å². The van der Waals surface area contributed by atoms with Gasteiger partial charge < -0.3 is 60.6 Å². The van der Waals surface area contributed by atoms with E-state index in [2.05, 4.69) is 55.2 Å². The minimum absolute atomic E-state index is 0. The monoisotopic (exact) mass is 728 g/mol. The fourth-order valence-corrected chi connectivity index (χ4v) is 4.50. The molecular weight excluding hydrogens is 623 g/mol. The van der Waals surface area contributed by atoms with Crippen LogP contribution >= 0.6 is 0 Å². The maximum atomic E-state index is 5.65. The molecule has 2 rings (SSSR count). The van der Waals surface area contributed by atoms with E-state index < -0.39 is 0 Å². The van der Waals surface area contributed by atoms with Gasteiger partial charge in [-0.3, -0.25) is 0 Å². The summed E-state index contributed by atoms with van der Waals surface area (Å²) in [6.07, 6.45) is 17.1. The smallest absolute Gasteiger partial charge is 0.0192 e. The van der Waals surface area contributed by atoms with Crippen molar-refractivity contribution in [2.24, 2.45) is 40.1 Å². The van der Waals surface area contributed by atoms with Crippen molar-refractivity contribution >= 4 is 0 Å². The van der Waals surface area contributed by atoms with Gasteiger partial charge in [-0.1, -0.05) is 89.5 Å². The zero-order valence-electron chi connectivity index (χ0n) is 31.9. The summed E-state index contributed by atoms with van der Waals surface area (Å²) < 4.78 is 0. The van der Waals surface area contributed by atoms with Gasteiger partial charge in [0.15, 0.2) is 0 Å². The SMILES string of the molecule is C.C.C.C.C1CCNCC1.CCCNCCN(C)CCN.CCN(CC)CC.NC1CCCCC1N.NCCCCCCN.NCCCCN. The standard InChI is InChI=1S/C8H21N3.C6H14N2.C6H16N2.C6H15N.C5H11N.C4H12N2.4CH4/c1-3-5-10-6-8-11(2)7-4-9;7-5-3-1-2-4-6(5)8;7-5-3-1-2-4-6-8;1-4-7(5-2)6-3;1-2-4-6-5-3-1;5-3-1-2-4-6;;;;/h10H,3-9H2,1-2H3;5-6H,1-4,7-8H2;1-8H2;4-6H2,1-3H3;6H,1-5H2;1-6H2;4*1H4. The molecule has 11 heteroatoms. The van der Waals surface area contributed by atoms with E-state index in [1.807, 2.05) is 0 Å². The molecule has 0 aromatic heterocycles. The summed E-state index contributed by atoms with van der Waals surface area (Å²) in [5.41, 5.74) is 37.6. The van der Waals surface area contributed by atoms with Gasteiger partial charge in [0.2, 0.25) is 0 Å². The van der Waals surface area contributed by atoms with Crippen LogP contribution in [0.3, 0.4) is 0 Å². The first-order valence-corrected chi connectivity index (χ1v) is 19.1. The Bertz CT molecular complexity index is 446. The number of rotatable bonds is 18. The molecule has 16 N–H and O–H groups in total. The van der Waals surface area contributed by atoms with Gasteiger partial charge in [0.1, 0.15) is 0 Å². The van der Waals surface area contributed by atoms with E-state index in [-0.39, 0.29) is 41.8 Å². The minimum atomic E-state index is 0. The summed E-state index contributed by atoms with van der Waals surface area (Å²) in [5, 5.41) is 6.63. The summed E-state index contributed by atoms with van der Waals surface area (Å²) in [6.45, 7) is 23.0. The molecule has 2 fully saturated rings. The Kier molecular flexibility index (Phi) is 86.1. The second kappa shape index (κ2) is 63.6. The lowest BCUT2D eigenvalue weighted by atomic mass is 9.92. The van der Waals surface area contributed by atoms with Crippen LogP contribution < -0.4 is 50.8 Å². The van der Waals surface area contributed by atoms with Crippen molar-refractivity contribution in [1.82, 2.24) is 20.4 Å². The zero-order valence-corrected chi connectivity index (χ0v) is 31.9. The molecule has 1 heterocycles. The average Bonchev–Trinajstić information content (AvgIpc) is 3.09. The topological polar surface area (TPSA) is 213 Å². The molecule has 0 aromatic rings. The van der Waals surface area contributed by atoms with Crippen LogP contribution in [0.5, 0.6) is 0 Å². The Balaban J connectivity index is -0.0000000702. The number of nitrogens with two attached hydrogens (primary N) is 7. The van der Waals surface area contributed by atoms with Crippen molar-refractivity contribution in [2.45, 2.75) is 159 Å². The number of nitrogens with zero attached hydrogens (tertiary/aromatic N) is 2. The van der Waals surface area contributed by atoms with Crippen molar-refractivity contribution in [1.29, 1.82) is 0 Å². The van der Waals surface area contributed by atoms with Gasteiger partial charge in [-0.25, -0.2) is 0 Å². The normalized spacial score (nSPS) is 15.7. The molecule has 1 aliphatic heterocycles. The van der Waals surface area contributed by atoms with Gasteiger partial charge in [-0.15, -0.1) is 0 Å². The first-order valence-electron chi connectivity index (χ1n) is 19.1. The molecule has 2 aliphatic rings. The number of piperidine rings is 1. The predicted octanol–water partition coefficient (Wildman–Crippen LogP) is 4.89. The van der Waals surface area contributed by atoms with Crippen LogP contribution in [0.4, 0.5) is 0 Å². The van der Waals surface area contributed by atoms with E-state index in [4.69, 9.17) is 40.1 Å². The molecule has 1 saturated carbocycles. The molecule has 0 amide bonds. The molecule has 11 nitrogen and oxygen atoms in total. The van der Waals surface area contributed by atoms with Gasteiger partial charge in [0.05, 0.1) is 0 Å². The molecule has 1 aliphatic carbocycles. The number of hydrogen-bond donors (Lipinski definition) is 9. The second-order valence-corrected chi connectivity index (χ2v) is 12.2. The quantitative estimate of drug-likeness (QED) is 0.0867. The summed E-state index contributed by atoms with van der Waals surface area (Å²) in [4.78, 5) is 4.61. The maximum absolute atomic E-state index is 5.65. The lowest BCUT2D eigenvalue weighted by Gasteiger charge is -2.24. The van der Waals surface area contributed by atoms with Gasteiger partial charge in [0, 0.05) is 38.3 Å². The van der Waals surface area contributed by atoms with Crippen LogP contribution in [-0.2, 0) is 0 Å². The zero-order chi connectivity index (χ0) is 35.5. The molecule has 0 aromatic carbocycles. The van der Waals surface area contributed by atoms with Crippen molar-refractivity contribution < 1.29 is 0 Å². The molecule has 2 atom stereocenters. The van der Waals surface area contributed by atoms with Crippen LogP contribution in [0.25, 0.3) is 0 Å². The predicted molar refractivity (Wildman–Crippen MR) is 235 cm³/mol. The first kappa shape index (κ1) is 67.7. The molecular formula is C39H105N11. The highest BCUT2D eigenvalue weighted by Crippen LogP contribution is 2.14. The van der Waals surface area contributed by atoms with Crippen LogP contribution in [0.1, 0.15) is 147 Å². The average molecular weight is 728 g/mol. The maximum Gasteiger partial charge on any atom is 0.0192 e. The fourth-order valence-electron chi connectivity index (χ4n) is 4.50. The Morgan fingerprint density at radius 2 is 0.940 bits per heavy atom. The summed E-state index contributed by atoms with van der Waals surface area (Å²) in [7, 11) is 2.10. The van der Waals surface area contributed by atoms with E-state index in [0.717, 1.165) is 97.4 Å². The van der Waals surface area contributed by atoms with E-state index in [0.29, 0.717) is 0 Å². The Morgan fingerprint density at radius 1 is 0.540 bits per heavy atom. The Morgan fingerprint density at radius 3 is 1.18 bits per heavy atom. The van der Waals surface area contributed by atoms with Crippen molar-refractivity contribution in [3.05, 3.63) is 0 Å². The van der Waals surface area contributed by atoms with E-state index >= 15 is 0 Å². The van der Waals surface area contributed by atoms with Crippen LogP contribution in [0.2, 0.25) is 0 Å². The van der Waals surface area contributed by atoms with Crippen molar-refractivity contribution in [3.63, 3.8) is 0 Å². The van der Waals surface area contributed by atoms with Gasteiger partial charge in [0.25, 0.3) is 0 Å². The van der Waals surface area contributed by atoms with Gasteiger partial charge >= 0.3 is 0 Å². The number of hydrogen-bond acceptors (Lipinski definition) is 11. The number of unbranched alkanes of at least 4 members (excludes halogenated alkanes) is 4. The molecule has 50 heavy (non-hydrogen) atoms.